The molecule has 8 heteroatoms. The molecule has 1 amide bonds. The molecule has 208 valence electrons. The van der Waals surface area contributed by atoms with Crippen LogP contribution in [0, 0.1) is 37.2 Å². The summed E-state index contributed by atoms with van der Waals surface area (Å²) in [5, 5.41) is 13.0. The second kappa shape index (κ2) is 13.8. The van der Waals surface area contributed by atoms with E-state index in [0.29, 0.717) is 17.5 Å². The van der Waals surface area contributed by atoms with Gasteiger partial charge >= 0.3 is 0 Å². The number of nitrogens with zero attached hydrogens (tertiary/aromatic N) is 1. The number of nitrogens with one attached hydrogen (secondary N) is 2. The minimum atomic E-state index is -1.05. The molecule has 2 aromatic carbocycles. The highest BCUT2D eigenvalue weighted by molar-refractivity contribution is 5.82. The van der Waals surface area contributed by atoms with Gasteiger partial charge in [0.15, 0.2) is 11.6 Å². The Morgan fingerprint density at radius 3 is 2.38 bits per heavy atom. The first-order chi connectivity index (χ1) is 18.8. The van der Waals surface area contributed by atoms with Gasteiger partial charge in [-0.15, -0.1) is 0 Å². The van der Waals surface area contributed by atoms with Crippen molar-refractivity contribution in [3.63, 3.8) is 0 Å². The number of phenolic OH excluding ortho intramolecular Hbond substituents is 1. The summed E-state index contributed by atoms with van der Waals surface area (Å²) in [5.41, 5.74) is 4.27. The highest BCUT2D eigenvalue weighted by Crippen LogP contribution is 2.38. The average Bonchev–Trinajstić information content (AvgIpc) is 3.28. The van der Waals surface area contributed by atoms with Crippen molar-refractivity contribution in [3.8, 4) is 17.0 Å². The molecule has 0 atom stereocenters. The molecule has 0 aliphatic heterocycles. The van der Waals surface area contributed by atoms with Crippen LogP contribution in [0.2, 0.25) is 0 Å². The number of hydrogen-bond acceptors (Lipinski definition) is 3. The molecule has 1 aliphatic rings. The number of H-pyrrole nitrogens is 1. The van der Waals surface area contributed by atoms with Crippen LogP contribution in [0.4, 0.5) is 13.2 Å². The number of aromatic nitrogens is 2. The van der Waals surface area contributed by atoms with Crippen molar-refractivity contribution in [2.75, 3.05) is 6.54 Å². The van der Waals surface area contributed by atoms with Crippen molar-refractivity contribution >= 4 is 17.3 Å². The molecule has 0 saturated heterocycles. The van der Waals surface area contributed by atoms with Crippen molar-refractivity contribution in [2.24, 2.45) is 5.92 Å². The molecule has 4 aromatic rings. The number of carbonyl (C=O) groups is 1. The summed E-state index contributed by atoms with van der Waals surface area (Å²) in [6, 6.07) is 10.6. The van der Waals surface area contributed by atoms with E-state index >= 15 is 0 Å². The molecule has 2 heterocycles. The van der Waals surface area contributed by atoms with Gasteiger partial charge in [0.25, 0.3) is 0 Å². The molecule has 0 radical (unpaired) electrons. The van der Waals surface area contributed by atoms with Crippen LogP contribution in [0.15, 0.2) is 48.7 Å². The first kappa shape index (κ1) is 29.7. The van der Waals surface area contributed by atoms with Crippen molar-refractivity contribution < 1.29 is 23.1 Å². The fourth-order valence-corrected chi connectivity index (χ4v) is 5.15. The summed E-state index contributed by atoms with van der Waals surface area (Å²) in [5.74, 6) is -1.48. The zero-order chi connectivity index (χ0) is 28.5. The number of benzene rings is 2. The number of carbonyl (C=O) groups excluding carboxylic acids is 1. The Balaban J connectivity index is 0.000000210. The van der Waals surface area contributed by atoms with Gasteiger partial charge in [0.1, 0.15) is 11.6 Å². The topological polar surface area (TPSA) is 78.0 Å². The Kier molecular flexibility index (Phi) is 10.5. The van der Waals surface area contributed by atoms with E-state index < -0.39 is 11.6 Å². The minimum absolute atomic E-state index is 0.0445. The zero-order valence-electron chi connectivity index (χ0n) is 22.8. The summed E-state index contributed by atoms with van der Waals surface area (Å²) in [6.45, 7) is 8.38. The molecule has 39 heavy (non-hydrogen) atoms. The largest absolute Gasteiger partial charge is 0.508 e. The van der Waals surface area contributed by atoms with E-state index in [-0.39, 0.29) is 17.1 Å². The molecule has 0 unspecified atom stereocenters. The maximum atomic E-state index is 13.6. The van der Waals surface area contributed by atoms with E-state index in [9.17, 15) is 23.1 Å². The number of hydrogen-bond donors (Lipinski definition) is 3. The van der Waals surface area contributed by atoms with Gasteiger partial charge < -0.3 is 15.4 Å². The Hall–Kier alpha value is -3.81. The summed E-state index contributed by atoms with van der Waals surface area (Å²) in [7, 11) is 0. The summed E-state index contributed by atoms with van der Waals surface area (Å²) >= 11 is 0. The Morgan fingerprint density at radius 2 is 1.74 bits per heavy atom. The molecule has 5 rings (SSSR count). The van der Waals surface area contributed by atoms with Crippen molar-refractivity contribution in [1.82, 2.24) is 15.3 Å². The summed E-state index contributed by atoms with van der Waals surface area (Å²) in [6.07, 6.45) is 6.96. The average molecular weight is 540 g/mol. The fourth-order valence-electron chi connectivity index (χ4n) is 5.15. The van der Waals surface area contributed by atoms with Crippen LogP contribution < -0.4 is 5.32 Å². The molecule has 5 nitrogen and oxygen atoms in total. The third kappa shape index (κ3) is 7.40. The third-order valence-corrected chi connectivity index (χ3v) is 6.95. The van der Waals surface area contributed by atoms with E-state index in [1.54, 1.807) is 19.1 Å². The standard InChI is InChI=1S/C17H19FN2O.C12H11F2NO.C2H6/c18-14-5-6-17-16(9-14)15(7-8-20-17)13-3-1-12(2-4-13)10-19-11-21;1-6-3-7(2)15-12(6)9-4-8(16)5-10(13)11(9)14;1-2/h5-9,11-13H,1-4,10H2,(H,19,21);3-5,15-16H,1-2H3;1-2H3. The number of aryl methyl sites for hydroxylation is 2. The molecule has 1 saturated carbocycles. The lowest BCUT2D eigenvalue weighted by atomic mass is 9.78. The zero-order valence-corrected chi connectivity index (χ0v) is 22.8. The number of halogens is 3. The van der Waals surface area contributed by atoms with E-state index in [4.69, 9.17) is 0 Å². The van der Waals surface area contributed by atoms with Crippen LogP contribution in [0.3, 0.4) is 0 Å². The van der Waals surface area contributed by atoms with E-state index in [0.717, 1.165) is 66.9 Å². The second-order valence-electron chi connectivity index (χ2n) is 9.60. The molecule has 0 bridgehead atoms. The maximum absolute atomic E-state index is 13.6. The Labute approximate surface area is 227 Å². The van der Waals surface area contributed by atoms with Gasteiger partial charge in [-0.1, -0.05) is 13.8 Å². The number of phenols is 1. The lowest BCUT2D eigenvalue weighted by Crippen LogP contribution is -2.25. The number of aromatic hydroxyl groups is 1. The summed E-state index contributed by atoms with van der Waals surface area (Å²) < 4.78 is 40.2. The predicted molar refractivity (Wildman–Crippen MR) is 149 cm³/mol. The van der Waals surface area contributed by atoms with Crippen LogP contribution in [0.1, 0.15) is 62.3 Å². The van der Waals surface area contributed by atoms with Crippen LogP contribution in [0.5, 0.6) is 5.75 Å². The molecule has 1 aliphatic carbocycles. The van der Waals surface area contributed by atoms with Gasteiger partial charge in [0.2, 0.25) is 6.41 Å². The fraction of sp³-hybridized carbons (Fsp3) is 0.355. The lowest BCUT2D eigenvalue weighted by Gasteiger charge is -2.29. The molecule has 0 spiro atoms. The number of pyridine rings is 1. The molecule has 2 aromatic heterocycles. The predicted octanol–water partition coefficient (Wildman–Crippen LogP) is 7.70. The minimum Gasteiger partial charge on any atom is -0.508 e. The molecular formula is C31H36F3N3O2. The number of amides is 1. The number of rotatable bonds is 5. The van der Waals surface area contributed by atoms with E-state index in [2.05, 4.69) is 15.3 Å². The first-order valence-electron chi connectivity index (χ1n) is 13.3. The molecule has 1 fully saturated rings. The number of aromatic amines is 1. The quantitative estimate of drug-likeness (QED) is 0.227. The van der Waals surface area contributed by atoms with Gasteiger partial charge in [0, 0.05) is 35.5 Å². The van der Waals surface area contributed by atoms with Crippen LogP contribution >= 0.6 is 0 Å². The van der Waals surface area contributed by atoms with Gasteiger partial charge in [-0.05, 0) is 98.9 Å². The van der Waals surface area contributed by atoms with Crippen molar-refractivity contribution in [1.29, 1.82) is 0 Å². The normalized spacial score (nSPS) is 16.5. The molecular weight excluding hydrogens is 503 g/mol. The van der Waals surface area contributed by atoms with Crippen LogP contribution in [-0.4, -0.2) is 28.0 Å². The van der Waals surface area contributed by atoms with Crippen LogP contribution in [-0.2, 0) is 4.79 Å². The van der Waals surface area contributed by atoms with Gasteiger partial charge in [-0.2, -0.15) is 0 Å². The molecule has 3 N–H and O–H groups in total. The van der Waals surface area contributed by atoms with E-state index in [1.807, 2.05) is 39.1 Å². The van der Waals surface area contributed by atoms with E-state index in [1.165, 1.54) is 17.7 Å². The van der Waals surface area contributed by atoms with Crippen LogP contribution in [0.25, 0.3) is 22.2 Å². The highest BCUT2D eigenvalue weighted by atomic mass is 19.2. The Morgan fingerprint density at radius 1 is 1.03 bits per heavy atom. The van der Waals surface area contributed by atoms with Gasteiger partial charge in [-0.3, -0.25) is 9.78 Å². The van der Waals surface area contributed by atoms with Gasteiger partial charge in [-0.25, -0.2) is 13.2 Å². The van der Waals surface area contributed by atoms with Gasteiger partial charge in [0.05, 0.1) is 11.2 Å². The highest BCUT2D eigenvalue weighted by Gasteiger charge is 2.23. The smallest absolute Gasteiger partial charge is 0.207 e. The third-order valence-electron chi connectivity index (χ3n) is 6.95. The van der Waals surface area contributed by atoms with Crippen molar-refractivity contribution in [2.45, 2.75) is 59.3 Å². The maximum Gasteiger partial charge on any atom is 0.207 e. The Bertz CT molecular complexity index is 1400. The summed E-state index contributed by atoms with van der Waals surface area (Å²) in [4.78, 5) is 17.6. The second-order valence-corrected chi connectivity index (χ2v) is 9.60. The lowest BCUT2D eigenvalue weighted by molar-refractivity contribution is -0.109. The SMILES string of the molecule is CC.Cc1cc(C)c(-c2cc(O)cc(F)c2F)[nH]1.O=CNCC1CCC(c2ccnc3ccc(F)cc23)CC1. The van der Waals surface area contributed by atoms with Crippen molar-refractivity contribution in [3.05, 3.63) is 82.9 Å². The monoisotopic (exact) mass is 539 g/mol. The first-order valence-corrected chi connectivity index (χ1v) is 13.3. The number of fused-ring (bicyclic) bond motifs is 1.